The van der Waals surface area contributed by atoms with E-state index in [-0.39, 0.29) is 24.2 Å². The molecule has 0 radical (unpaired) electrons. The number of carbonyl (C=O) groups excluding carboxylic acids is 1. The van der Waals surface area contributed by atoms with Crippen molar-refractivity contribution in [1.29, 1.82) is 0 Å². The Morgan fingerprint density at radius 2 is 1.77 bits per heavy atom. The number of ketones is 1. The van der Waals surface area contributed by atoms with Gasteiger partial charge in [0.15, 0.2) is 5.78 Å². The predicted molar refractivity (Wildman–Crippen MR) is 124 cm³/mol. The molecule has 0 aliphatic heterocycles. The standard InChI is InChI=1S/C28H48O2/c1-18(2)8-7-9-19(3)22-12-13-23-21-11-10-20-16-28(6,30)25(29)17-27(20,5)24(21)14-15-26(22,23)4/h18-24,30H,7-17H2,1-6H3/t19-,20+,21+,22-,23+,24+,26-,27+,28-/m1/s1/i6D3. The van der Waals surface area contributed by atoms with E-state index in [1.807, 2.05) is 0 Å². The Bertz CT molecular complexity index is 748. The summed E-state index contributed by atoms with van der Waals surface area (Å²) in [7, 11) is 0. The fourth-order valence-electron chi connectivity index (χ4n) is 9.13. The van der Waals surface area contributed by atoms with Crippen molar-refractivity contribution in [2.45, 2.75) is 118 Å². The molecule has 0 aromatic carbocycles. The smallest absolute Gasteiger partial charge is 0.164 e. The van der Waals surface area contributed by atoms with Crippen LogP contribution in [-0.2, 0) is 4.79 Å². The third-order valence-corrected chi connectivity index (χ3v) is 10.8. The van der Waals surface area contributed by atoms with Crippen molar-refractivity contribution in [3.8, 4) is 0 Å². The maximum absolute atomic E-state index is 13.1. The molecule has 0 amide bonds. The molecule has 4 saturated carbocycles. The maximum atomic E-state index is 13.1. The predicted octanol–water partition coefficient (Wildman–Crippen LogP) is 7.04. The molecular formula is C28H48O2. The molecule has 2 heteroatoms. The minimum atomic E-state index is -2.63. The van der Waals surface area contributed by atoms with E-state index in [9.17, 15) is 9.90 Å². The highest BCUT2D eigenvalue weighted by atomic mass is 16.3. The van der Waals surface area contributed by atoms with Crippen LogP contribution in [0.1, 0.15) is 116 Å². The molecule has 30 heavy (non-hydrogen) atoms. The van der Waals surface area contributed by atoms with Crippen molar-refractivity contribution in [2.75, 3.05) is 0 Å². The average molecular weight is 420 g/mol. The molecule has 0 aromatic heterocycles. The number of rotatable bonds is 5. The highest BCUT2D eigenvalue weighted by molar-refractivity contribution is 5.88. The molecule has 2 nitrogen and oxygen atoms in total. The molecule has 4 aliphatic carbocycles. The zero-order valence-corrected chi connectivity index (χ0v) is 20.2. The largest absolute Gasteiger partial charge is 0.382 e. The first-order valence-corrected chi connectivity index (χ1v) is 13.0. The summed E-state index contributed by atoms with van der Waals surface area (Å²) in [4.78, 5) is 13.1. The summed E-state index contributed by atoms with van der Waals surface area (Å²) in [5, 5.41) is 10.9. The van der Waals surface area contributed by atoms with E-state index >= 15 is 0 Å². The lowest BCUT2D eigenvalue weighted by Gasteiger charge is -2.61. The van der Waals surface area contributed by atoms with Crippen LogP contribution in [-0.4, -0.2) is 16.5 Å². The van der Waals surface area contributed by atoms with E-state index in [2.05, 4.69) is 34.6 Å². The van der Waals surface area contributed by atoms with Crippen LogP contribution in [0.4, 0.5) is 0 Å². The highest BCUT2D eigenvalue weighted by Gasteiger charge is 2.62. The van der Waals surface area contributed by atoms with Gasteiger partial charge in [-0.3, -0.25) is 4.79 Å². The topological polar surface area (TPSA) is 37.3 Å². The minimum absolute atomic E-state index is 0.125. The molecule has 1 N–H and O–H groups in total. The Morgan fingerprint density at radius 3 is 2.47 bits per heavy atom. The first kappa shape index (κ1) is 19.1. The van der Waals surface area contributed by atoms with E-state index < -0.39 is 18.2 Å². The monoisotopic (exact) mass is 419 g/mol. The molecule has 0 heterocycles. The van der Waals surface area contributed by atoms with Gasteiger partial charge in [-0.2, -0.15) is 0 Å². The minimum Gasteiger partial charge on any atom is -0.382 e. The second kappa shape index (κ2) is 7.89. The summed E-state index contributed by atoms with van der Waals surface area (Å²) in [6, 6.07) is 0. The Hall–Kier alpha value is -0.370. The van der Waals surface area contributed by atoms with Gasteiger partial charge in [0.25, 0.3) is 0 Å². The third kappa shape index (κ3) is 3.61. The second-order valence-corrected chi connectivity index (χ2v) is 12.9. The van der Waals surface area contributed by atoms with Gasteiger partial charge in [-0.1, -0.05) is 53.9 Å². The zero-order valence-electron chi connectivity index (χ0n) is 23.2. The van der Waals surface area contributed by atoms with Crippen LogP contribution in [0.25, 0.3) is 0 Å². The van der Waals surface area contributed by atoms with Gasteiger partial charge >= 0.3 is 0 Å². The van der Waals surface area contributed by atoms with Crippen molar-refractivity contribution in [3.63, 3.8) is 0 Å². The van der Waals surface area contributed by atoms with E-state index in [1.54, 1.807) is 0 Å². The van der Waals surface area contributed by atoms with Gasteiger partial charge in [0, 0.05) is 10.5 Å². The van der Waals surface area contributed by atoms with E-state index in [1.165, 1.54) is 44.9 Å². The highest BCUT2D eigenvalue weighted by Crippen LogP contribution is 2.68. The fourth-order valence-corrected chi connectivity index (χ4v) is 9.13. The van der Waals surface area contributed by atoms with Crippen molar-refractivity contribution in [1.82, 2.24) is 0 Å². The molecule has 4 rings (SSSR count). The zero-order chi connectivity index (χ0) is 24.4. The van der Waals surface area contributed by atoms with E-state index in [4.69, 9.17) is 4.11 Å². The average Bonchev–Trinajstić information content (AvgIpc) is 3.05. The first-order chi connectivity index (χ1) is 15.2. The number of hydrogen-bond acceptors (Lipinski definition) is 2. The van der Waals surface area contributed by atoms with Crippen molar-refractivity contribution < 1.29 is 14.0 Å². The maximum Gasteiger partial charge on any atom is 0.164 e. The molecule has 0 spiro atoms. The molecule has 4 aliphatic rings. The summed E-state index contributed by atoms with van der Waals surface area (Å²) in [5.41, 5.74) is -1.88. The number of carbonyl (C=O) groups is 1. The van der Waals surface area contributed by atoms with E-state index in [0.717, 1.165) is 36.5 Å². The van der Waals surface area contributed by atoms with E-state index in [0.29, 0.717) is 17.3 Å². The quantitative estimate of drug-likeness (QED) is 0.519. The molecule has 0 bridgehead atoms. The lowest BCUT2D eigenvalue weighted by molar-refractivity contribution is -0.168. The molecule has 4 fully saturated rings. The number of hydrogen-bond donors (Lipinski definition) is 1. The van der Waals surface area contributed by atoms with Crippen LogP contribution in [0.5, 0.6) is 0 Å². The third-order valence-electron chi connectivity index (χ3n) is 10.8. The normalized spacial score (nSPS) is 51.4. The summed E-state index contributed by atoms with van der Waals surface area (Å²) in [6.07, 6.45) is 11.6. The summed E-state index contributed by atoms with van der Waals surface area (Å²) in [6.45, 7) is 9.36. The molecule has 9 atom stereocenters. The van der Waals surface area contributed by atoms with Gasteiger partial charge in [0.2, 0.25) is 0 Å². The lowest BCUT2D eigenvalue weighted by atomic mass is 9.43. The number of fused-ring (bicyclic) bond motifs is 5. The van der Waals surface area contributed by atoms with Crippen LogP contribution >= 0.6 is 0 Å². The molecule has 0 unspecified atom stereocenters. The van der Waals surface area contributed by atoms with Gasteiger partial charge in [0.1, 0.15) is 5.60 Å². The van der Waals surface area contributed by atoms with Crippen LogP contribution in [0.2, 0.25) is 0 Å². The summed E-state index contributed by atoms with van der Waals surface area (Å²) < 4.78 is 23.5. The molecule has 0 aromatic rings. The Labute approximate surface area is 190 Å². The lowest BCUT2D eigenvalue weighted by Crippen LogP contribution is -2.58. The van der Waals surface area contributed by atoms with Crippen LogP contribution in [0.3, 0.4) is 0 Å². The van der Waals surface area contributed by atoms with Crippen molar-refractivity contribution in [3.05, 3.63) is 0 Å². The SMILES string of the molecule is [2H]C([2H])([2H])[C@@]1(O)C[C@@H]2CC[C@@H]3[C@H](CC[C@]4(C)[C@@H]([C@H](C)CCCC(C)C)CC[C@@H]34)[C@@]2(C)CC1=O. The van der Waals surface area contributed by atoms with Crippen LogP contribution in [0.15, 0.2) is 0 Å². The Morgan fingerprint density at radius 1 is 1.03 bits per heavy atom. The summed E-state index contributed by atoms with van der Waals surface area (Å²) in [5.74, 6) is 3.99. The number of Topliss-reactive ketones (excluding diaryl/α,β-unsaturated/α-hetero) is 1. The van der Waals surface area contributed by atoms with Crippen molar-refractivity contribution in [2.24, 2.45) is 52.3 Å². The fraction of sp³-hybridized carbons (Fsp3) is 0.964. The van der Waals surface area contributed by atoms with Gasteiger partial charge in [-0.05, 0) is 104 Å². The van der Waals surface area contributed by atoms with Gasteiger partial charge in [-0.25, -0.2) is 0 Å². The molecule has 172 valence electrons. The Kier molecular flexibility index (Phi) is 5.03. The van der Waals surface area contributed by atoms with Gasteiger partial charge < -0.3 is 5.11 Å². The van der Waals surface area contributed by atoms with Crippen molar-refractivity contribution >= 4 is 5.78 Å². The molecule has 0 saturated heterocycles. The van der Waals surface area contributed by atoms with Crippen LogP contribution in [0, 0.1) is 52.3 Å². The number of aliphatic hydroxyl groups is 1. The van der Waals surface area contributed by atoms with Gasteiger partial charge in [0.05, 0.1) is 0 Å². The molecular weight excluding hydrogens is 368 g/mol. The first-order valence-electron chi connectivity index (χ1n) is 14.5. The van der Waals surface area contributed by atoms with Crippen LogP contribution < -0.4 is 0 Å². The van der Waals surface area contributed by atoms with Gasteiger partial charge in [-0.15, -0.1) is 0 Å². The Balaban J connectivity index is 1.50. The summed E-state index contributed by atoms with van der Waals surface area (Å²) >= 11 is 0. The second-order valence-electron chi connectivity index (χ2n) is 12.9.